The molecule has 0 amide bonds. The van der Waals surface area contributed by atoms with Crippen molar-refractivity contribution in [1.29, 1.82) is 0 Å². The number of unbranched alkanes of at least 4 members (excludes halogenated alkanes) is 4. The van der Waals surface area contributed by atoms with Crippen molar-refractivity contribution in [2.24, 2.45) is 5.73 Å². The Labute approximate surface area is 93.2 Å². The van der Waals surface area contributed by atoms with E-state index in [1.54, 1.807) is 0 Å². The highest BCUT2D eigenvalue weighted by atomic mass is 32.2. The number of hydrogen-bond donors (Lipinski definition) is 1. The summed E-state index contributed by atoms with van der Waals surface area (Å²) in [6.45, 7) is 3.17. The molecule has 1 atom stereocenters. The zero-order valence-corrected chi connectivity index (χ0v) is 10.4. The third-order valence-corrected chi connectivity index (χ3v) is 4.97. The topological polar surface area (TPSA) is 26.0 Å². The van der Waals surface area contributed by atoms with Gasteiger partial charge < -0.3 is 5.73 Å². The van der Waals surface area contributed by atoms with Crippen LogP contribution in [0, 0.1) is 0 Å². The Morgan fingerprint density at radius 2 is 2.00 bits per heavy atom. The summed E-state index contributed by atoms with van der Waals surface area (Å²) in [5.74, 6) is 1.34. The predicted molar refractivity (Wildman–Crippen MR) is 66.9 cm³/mol. The van der Waals surface area contributed by atoms with Crippen LogP contribution in [0.1, 0.15) is 58.3 Å². The lowest BCUT2D eigenvalue weighted by Crippen LogP contribution is -2.31. The van der Waals surface area contributed by atoms with Crippen LogP contribution in [0.15, 0.2) is 0 Å². The fourth-order valence-corrected chi connectivity index (χ4v) is 3.68. The first-order chi connectivity index (χ1) is 6.83. The van der Waals surface area contributed by atoms with Gasteiger partial charge in [0.2, 0.25) is 0 Å². The van der Waals surface area contributed by atoms with Gasteiger partial charge in [0.05, 0.1) is 0 Å². The highest BCUT2D eigenvalue weighted by Gasteiger charge is 2.32. The Bertz CT molecular complexity index is 141. The van der Waals surface area contributed by atoms with Crippen LogP contribution in [0.5, 0.6) is 0 Å². The first kappa shape index (κ1) is 12.4. The maximum Gasteiger partial charge on any atom is 0.0282 e. The molecule has 1 unspecified atom stereocenters. The van der Waals surface area contributed by atoms with Crippen molar-refractivity contribution < 1.29 is 0 Å². The van der Waals surface area contributed by atoms with E-state index in [2.05, 4.69) is 18.7 Å². The summed E-state index contributed by atoms with van der Waals surface area (Å²) >= 11 is 2.13. The second kappa shape index (κ2) is 6.73. The minimum Gasteiger partial charge on any atom is -0.329 e. The molecule has 1 aliphatic rings. The molecule has 0 saturated carbocycles. The van der Waals surface area contributed by atoms with E-state index in [9.17, 15) is 0 Å². The van der Waals surface area contributed by atoms with Crippen LogP contribution in [-0.2, 0) is 0 Å². The summed E-state index contributed by atoms with van der Waals surface area (Å²) in [5, 5.41) is 0. The van der Waals surface area contributed by atoms with Crippen LogP contribution in [0.2, 0.25) is 0 Å². The smallest absolute Gasteiger partial charge is 0.0282 e. The summed E-state index contributed by atoms with van der Waals surface area (Å²) in [5.41, 5.74) is 5.89. The normalized spacial score (nSPS) is 27.0. The molecular weight excluding hydrogens is 190 g/mol. The summed E-state index contributed by atoms with van der Waals surface area (Å²) < 4.78 is 0.478. The molecule has 0 aromatic heterocycles. The molecule has 0 radical (unpaired) electrons. The van der Waals surface area contributed by atoms with Crippen molar-refractivity contribution in [3.63, 3.8) is 0 Å². The van der Waals surface area contributed by atoms with E-state index in [1.807, 2.05) is 0 Å². The number of nitrogens with two attached hydrogens (primary N) is 1. The molecule has 84 valence electrons. The van der Waals surface area contributed by atoms with Crippen LogP contribution < -0.4 is 5.73 Å². The molecule has 0 aromatic carbocycles. The van der Waals surface area contributed by atoms with Gasteiger partial charge in [-0.15, -0.1) is 0 Å². The minimum atomic E-state index is 0.478. The average molecular weight is 215 g/mol. The van der Waals surface area contributed by atoms with Crippen LogP contribution in [-0.4, -0.2) is 17.0 Å². The van der Waals surface area contributed by atoms with E-state index in [1.165, 1.54) is 57.1 Å². The SMILES string of the molecule is CCCCCCCC1(CN)CCCS1. The van der Waals surface area contributed by atoms with E-state index in [0.29, 0.717) is 4.75 Å². The lowest BCUT2D eigenvalue weighted by atomic mass is 9.95. The maximum atomic E-state index is 5.89. The van der Waals surface area contributed by atoms with Gasteiger partial charge in [-0.05, 0) is 25.0 Å². The largest absolute Gasteiger partial charge is 0.329 e. The molecule has 0 spiro atoms. The predicted octanol–water partition coefficient (Wildman–Crippen LogP) is 3.57. The fraction of sp³-hybridized carbons (Fsp3) is 1.00. The molecule has 1 fully saturated rings. The van der Waals surface area contributed by atoms with Gasteiger partial charge in [0.25, 0.3) is 0 Å². The molecule has 0 aromatic rings. The molecule has 1 saturated heterocycles. The standard InChI is InChI=1S/C12H25NS/c1-2-3-4-5-6-8-12(11-13)9-7-10-14-12/h2-11,13H2,1H3. The van der Waals surface area contributed by atoms with E-state index in [0.717, 1.165) is 6.54 Å². The van der Waals surface area contributed by atoms with Crippen LogP contribution in [0.4, 0.5) is 0 Å². The molecule has 1 nitrogen and oxygen atoms in total. The fourth-order valence-electron chi connectivity index (χ4n) is 2.27. The molecule has 2 heteroatoms. The van der Waals surface area contributed by atoms with Crippen LogP contribution in [0.3, 0.4) is 0 Å². The molecule has 2 N–H and O–H groups in total. The molecule has 1 aliphatic heterocycles. The van der Waals surface area contributed by atoms with E-state index in [-0.39, 0.29) is 0 Å². The van der Waals surface area contributed by atoms with Crippen molar-refractivity contribution in [2.45, 2.75) is 63.0 Å². The van der Waals surface area contributed by atoms with Crippen molar-refractivity contribution in [3.8, 4) is 0 Å². The van der Waals surface area contributed by atoms with Crippen molar-refractivity contribution in [3.05, 3.63) is 0 Å². The van der Waals surface area contributed by atoms with Gasteiger partial charge in [-0.1, -0.05) is 39.0 Å². The molecule has 1 rings (SSSR count). The number of thioether (sulfide) groups is 1. The summed E-state index contributed by atoms with van der Waals surface area (Å²) in [6.07, 6.45) is 11.1. The van der Waals surface area contributed by atoms with Gasteiger partial charge in [-0.2, -0.15) is 11.8 Å². The van der Waals surface area contributed by atoms with E-state index < -0.39 is 0 Å². The van der Waals surface area contributed by atoms with Crippen molar-refractivity contribution >= 4 is 11.8 Å². The second-order valence-electron chi connectivity index (χ2n) is 4.50. The third kappa shape index (κ3) is 3.82. The van der Waals surface area contributed by atoms with E-state index >= 15 is 0 Å². The van der Waals surface area contributed by atoms with Crippen molar-refractivity contribution in [1.82, 2.24) is 0 Å². The Hall–Kier alpha value is 0.310. The minimum absolute atomic E-state index is 0.478. The lowest BCUT2D eigenvalue weighted by molar-refractivity contribution is 0.486. The Balaban J connectivity index is 2.08. The zero-order chi connectivity index (χ0) is 10.3. The lowest BCUT2D eigenvalue weighted by Gasteiger charge is -2.26. The molecular formula is C12H25NS. The third-order valence-electron chi connectivity index (χ3n) is 3.29. The van der Waals surface area contributed by atoms with Gasteiger partial charge in [-0.25, -0.2) is 0 Å². The molecule has 1 heterocycles. The second-order valence-corrected chi connectivity index (χ2v) is 6.07. The summed E-state index contributed by atoms with van der Waals surface area (Å²) in [7, 11) is 0. The zero-order valence-electron chi connectivity index (χ0n) is 9.56. The Kier molecular flexibility index (Phi) is 5.95. The van der Waals surface area contributed by atoms with E-state index in [4.69, 9.17) is 5.73 Å². The molecule has 0 bridgehead atoms. The summed E-state index contributed by atoms with van der Waals surface area (Å²) in [4.78, 5) is 0. The molecule has 0 aliphatic carbocycles. The first-order valence-corrected chi connectivity index (χ1v) is 7.15. The average Bonchev–Trinajstić information content (AvgIpc) is 2.67. The highest BCUT2D eigenvalue weighted by molar-refractivity contribution is 8.00. The van der Waals surface area contributed by atoms with Crippen molar-refractivity contribution in [2.75, 3.05) is 12.3 Å². The Morgan fingerprint density at radius 1 is 1.21 bits per heavy atom. The number of hydrogen-bond acceptors (Lipinski definition) is 2. The molecule has 14 heavy (non-hydrogen) atoms. The number of rotatable bonds is 7. The van der Waals surface area contributed by atoms with Gasteiger partial charge >= 0.3 is 0 Å². The maximum absolute atomic E-state index is 5.89. The Morgan fingerprint density at radius 3 is 2.57 bits per heavy atom. The van der Waals surface area contributed by atoms with Gasteiger partial charge in [-0.3, -0.25) is 0 Å². The first-order valence-electron chi connectivity index (χ1n) is 6.17. The highest BCUT2D eigenvalue weighted by Crippen LogP contribution is 2.41. The quantitative estimate of drug-likeness (QED) is 0.657. The van der Waals surface area contributed by atoms with Gasteiger partial charge in [0.15, 0.2) is 0 Å². The van der Waals surface area contributed by atoms with Gasteiger partial charge in [0, 0.05) is 11.3 Å². The van der Waals surface area contributed by atoms with Gasteiger partial charge in [0.1, 0.15) is 0 Å². The summed E-state index contributed by atoms with van der Waals surface area (Å²) in [6, 6.07) is 0. The van der Waals surface area contributed by atoms with Crippen LogP contribution >= 0.6 is 11.8 Å². The monoisotopic (exact) mass is 215 g/mol. The van der Waals surface area contributed by atoms with Crippen LogP contribution in [0.25, 0.3) is 0 Å².